The topological polar surface area (TPSA) is 66.8 Å². The van der Waals surface area contributed by atoms with Gasteiger partial charge in [0, 0.05) is 0 Å². The summed E-state index contributed by atoms with van der Waals surface area (Å²) in [6.45, 7) is 3.43. The van der Waals surface area contributed by atoms with Gasteiger partial charge in [-0.15, -0.1) is 0 Å². The van der Waals surface area contributed by atoms with Crippen molar-refractivity contribution in [3.8, 4) is 5.75 Å². The smallest absolute Gasteiger partial charge is 0.344 e. The molecule has 0 bridgehead atoms. The number of amides is 1. The molecular formula is C20H17NO4S2. The van der Waals surface area contributed by atoms with E-state index in [4.69, 9.17) is 22.1 Å². The molecule has 2 aromatic rings. The van der Waals surface area contributed by atoms with Crippen LogP contribution in [0.3, 0.4) is 0 Å². The second-order valence-electron chi connectivity index (χ2n) is 6.02. The number of thiocarbonyl (C=S) groups is 1. The Bertz CT molecular complexity index is 937. The number of aliphatic carboxylic acids is 1. The van der Waals surface area contributed by atoms with Crippen molar-refractivity contribution in [3.63, 3.8) is 0 Å². The number of benzene rings is 2. The molecule has 1 aliphatic heterocycles. The lowest BCUT2D eigenvalue weighted by atomic mass is 10.2. The largest absolute Gasteiger partial charge is 0.479 e. The minimum Gasteiger partial charge on any atom is -0.479 e. The number of carbonyl (C=O) groups is 2. The predicted octanol–water partition coefficient (Wildman–Crippen LogP) is 4.25. The first-order valence-corrected chi connectivity index (χ1v) is 9.42. The van der Waals surface area contributed by atoms with E-state index in [1.165, 1.54) is 23.6 Å². The third-order valence-electron chi connectivity index (χ3n) is 3.89. The van der Waals surface area contributed by atoms with Gasteiger partial charge in [0.05, 0.1) is 10.6 Å². The van der Waals surface area contributed by atoms with E-state index in [0.717, 1.165) is 16.8 Å². The molecule has 7 heteroatoms. The molecule has 0 spiro atoms. The minimum absolute atomic E-state index is 0.157. The third-order valence-corrected chi connectivity index (χ3v) is 5.19. The molecule has 0 aliphatic carbocycles. The Morgan fingerprint density at radius 2 is 1.96 bits per heavy atom. The summed E-state index contributed by atoms with van der Waals surface area (Å²) in [5.41, 5.74) is 2.61. The second kappa shape index (κ2) is 7.94. The SMILES string of the molecule is Cc1cccc(N2C(=O)/C(=C\c3ccc(OC(C)C(=O)O)cc3)SC2=S)c1. The van der Waals surface area contributed by atoms with E-state index in [0.29, 0.717) is 15.0 Å². The van der Waals surface area contributed by atoms with Gasteiger partial charge in [-0.1, -0.05) is 48.2 Å². The fourth-order valence-electron chi connectivity index (χ4n) is 2.51. The number of aryl methyl sites for hydroxylation is 1. The molecule has 3 rings (SSSR count). The van der Waals surface area contributed by atoms with E-state index in [1.54, 1.807) is 30.3 Å². The van der Waals surface area contributed by atoms with E-state index in [2.05, 4.69) is 0 Å². The number of nitrogens with zero attached hydrogens (tertiary/aromatic N) is 1. The van der Waals surface area contributed by atoms with Gasteiger partial charge in [-0.25, -0.2) is 4.79 Å². The lowest BCUT2D eigenvalue weighted by Crippen LogP contribution is -2.27. The molecule has 2 aromatic carbocycles. The van der Waals surface area contributed by atoms with Gasteiger partial charge in [0.2, 0.25) is 0 Å². The summed E-state index contributed by atoms with van der Waals surface area (Å²) in [6.07, 6.45) is 0.834. The van der Waals surface area contributed by atoms with Crippen LogP contribution in [0.25, 0.3) is 6.08 Å². The number of hydrogen-bond acceptors (Lipinski definition) is 5. The first-order valence-electron chi connectivity index (χ1n) is 8.19. The molecule has 1 unspecified atom stereocenters. The molecule has 1 amide bonds. The number of ether oxygens (including phenoxy) is 1. The molecule has 5 nitrogen and oxygen atoms in total. The number of rotatable bonds is 5. The van der Waals surface area contributed by atoms with Crippen molar-refractivity contribution in [3.05, 3.63) is 64.6 Å². The Balaban J connectivity index is 1.78. The Kier molecular flexibility index (Phi) is 5.62. The highest BCUT2D eigenvalue weighted by Gasteiger charge is 2.33. The Hall–Kier alpha value is -2.64. The number of carbonyl (C=O) groups excluding carboxylic acids is 1. The Morgan fingerprint density at radius 1 is 1.26 bits per heavy atom. The maximum absolute atomic E-state index is 12.8. The van der Waals surface area contributed by atoms with Gasteiger partial charge in [0.25, 0.3) is 5.91 Å². The fourth-order valence-corrected chi connectivity index (χ4v) is 3.80. The van der Waals surface area contributed by atoms with E-state index < -0.39 is 12.1 Å². The molecule has 138 valence electrons. The lowest BCUT2D eigenvalue weighted by molar-refractivity contribution is -0.144. The van der Waals surface area contributed by atoms with Gasteiger partial charge in [-0.2, -0.15) is 0 Å². The average Bonchev–Trinajstić information content (AvgIpc) is 2.90. The number of anilines is 1. The molecule has 1 aliphatic rings. The van der Waals surface area contributed by atoms with Gasteiger partial charge >= 0.3 is 5.97 Å². The molecule has 0 radical (unpaired) electrons. The first-order chi connectivity index (χ1) is 12.8. The Morgan fingerprint density at radius 3 is 2.59 bits per heavy atom. The quantitative estimate of drug-likeness (QED) is 0.599. The number of carboxylic acids is 1. The van der Waals surface area contributed by atoms with Gasteiger partial charge in [0.1, 0.15) is 5.75 Å². The fraction of sp³-hybridized carbons (Fsp3) is 0.150. The number of thioether (sulfide) groups is 1. The highest BCUT2D eigenvalue weighted by molar-refractivity contribution is 8.27. The summed E-state index contributed by atoms with van der Waals surface area (Å²) in [6, 6.07) is 14.5. The minimum atomic E-state index is -1.03. The van der Waals surface area contributed by atoms with Crippen LogP contribution in [0.15, 0.2) is 53.4 Å². The number of carboxylic acid groups (broad SMARTS) is 1. The molecule has 1 atom stereocenters. The standard InChI is InChI=1S/C20H17NO4S2/c1-12-4-3-5-15(10-12)21-18(22)17(27-20(21)26)11-14-6-8-16(9-7-14)25-13(2)19(23)24/h3-11,13H,1-2H3,(H,23,24)/b17-11+. The highest BCUT2D eigenvalue weighted by atomic mass is 32.2. The van der Waals surface area contributed by atoms with Crippen molar-refractivity contribution < 1.29 is 19.4 Å². The maximum atomic E-state index is 12.8. The zero-order valence-electron chi connectivity index (χ0n) is 14.7. The average molecular weight is 399 g/mol. The van der Waals surface area contributed by atoms with Gasteiger partial charge in [-0.3, -0.25) is 9.69 Å². The van der Waals surface area contributed by atoms with Crippen LogP contribution in [0.1, 0.15) is 18.1 Å². The molecule has 1 heterocycles. The second-order valence-corrected chi connectivity index (χ2v) is 7.70. The van der Waals surface area contributed by atoms with Crippen molar-refractivity contribution >= 4 is 51.9 Å². The van der Waals surface area contributed by atoms with Gasteiger partial charge < -0.3 is 9.84 Å². The van der Waals surface area contributed by atoms with E-state index in [9.17, 15) is 9.59 Å². The van der Waals surface area contributed by atoms with Crippen LogP contribution in [0.2, 0.25) is 0 Å². The molecule has 27 heavy (non-hydrogen) atoms. The highest BCUT2D eigenvalue weighted by Crippen LogP contribution is 2.36. The van der Waals surface area contributed by atoms with Crippen molar-refractivity contribution in [1.82, 2.24) is 0 Å². The normalized spacial score (nSPS) is 16.7. The molecule has 0 aromatic heterocycles. The van der Waals surface area contributed by atoms with Crippen molar-refractivity contribution in [2.24, 2.45) is 0 Å². The van der Waals surface area contributed by atoms with Crippen molar-refractivity contribution in [1.29, 1.82) is 0 Å². The van der Waals surface area contributed by atoms with E-state index in [1.807, 2.05) is 31.2 Å². The van der Waals surface area contributed by atoms with E-state index >= 15 is 0 Å². The lowest BCUT2D eigenvalue weighted by Gasteiger charge is -2.14. The molecule has 1 fully saturated rings. The maximum Gasteiger partial charge on any atom is 0.344 e. The molecular weight excluding hydrogens is 382 g/mol. The van der Waals surface area contributed by atoms with Crippen LogP contribution < -0.4 is 9.64 Å². The summed E-state index contributed by atoms with van der Waals surface area (Å²) < 4.78 is 5.80. The van der Waals surface area contributed by atoms with Crippen LogP contribution >= 0.6 is 24.0 Å². The third kappa shape index (κ3) is 4.37. The van der Waals surface area contributed by atoms with Crippen LogP contribution in [-0.4, -0.2) is 27.4 Å². The predicted molar refractivity (Wildman–Crippen MR) is 111 cm³/mol. The summed E-state index contributed by atoms with van der Waals surface area (Å²) in [4.78, 5) is 25.7. The van der Waals surface area contributed by atoms with Crippen molar-refractivity contribution in [2.45, 2.75) is 20.0 Å². The zero-order valence-corrected chi connectivity index (χ0v) is 16.3. The van der Waals surface area contributed by atoms with E-state index in [-0.39, 0.29) is 5.91 Å². The summed E-state index contributed by atoms with van der Waals surface area (Å²) in [5, 5.41) is 8.89. The van der Waals surface area contributed by atoms with Crippen LogP contribution in [0.5, 0.6) is 5.75 Å². The van der Waals surface area contributed by atoms with Crippen LogP contribution in [-0.2, 0) is 9.59 Å². The Labute approximate surface area is 166 Å². The molecule has 1 N–H and O–H groups in total. The first kappa shape index (κ1) is 19.1. The van der Waals surface area contributed by atoms with Gasteiger partial charge in [0.15, 0.2) is 10.4 Å². The number of hydrogen-bond donors (Lipinski definition) is 1. The van der Waals surface area contributed by atoms with Crippen LogP contribution in [0.4, 0.5) is 5.69 Å². The molecule has 1 saturated heterocycles. The summed E-state index contributed by atoms with van der Waals surface area (Å²) in [5.74, 6) is -0.733. The summed E-state index contributed by atoms with van der Waals surface area (Å²) in [7, 11) is 0. The van der Waals surface area contributed by atoms with Gasteiger partial charge in [-0.05, 0) is 55.3 Å². The van der Waals surface area contributed by atoms with Crippen LogP contribution in [0, 0.1) is 6.92 Å². The zero-order chi connectivity index (χ0) is 19.6. The monoisotopic (exact) mass is 399 g/mol. The molecule has 0 saturated carbocycles. The summed E-state index contributed by atoms with van der Waals surface area (Å²) >= 11 is 6.64. The van der Waals surface area contributed by atoms with Crippen molar-refractivity contribution in [2.75, 3.05) is 4.90 Å².